The van der Waals surface area contributed by atoms with Crippen LogP contribution in [-0.4, -0.2) is 49.1 Å². The molecule has 2 aromatic heterocycles. The molecule has 0 fully saturated rings. The van der Waals surface area contributed by atoms with Gasteiger partial charge in [0.1, 0.15) is 16.3 Å². The summed E-state index contributed by atoms with van der Waals surface area (Å²) in [6.45, 7) is 4.64. The van der Waals surface area contributed by atoms with Gasteiger partial charge in [-0.25, -0.2) is 4.98 Å². The molecule has 0 bridgehead atoms. The van der Waals surface area contributed by atoms with E-state index >= 15 is 0 Å². The molecule has 1 N–H and O–H groups in total. The van der Waals surface area contributed by atoms with E-state index in [1.807, 2.05) is 13.8 Å². The van der Waals surface area contributed by atoms with E-state index < -0.39 is 0 Å². The van der Waals surface area contributed by atoms with Crippen molar-refractivity contribution in [2.75, 3.05) is 39.0 Å². The van der Waals surface area contributed by atoms with E-state index in [1.165, 1.54) is 30.2 Å². The molecule has 3 aromatic rings. The first-order chi connectivity index (χ1) is 14.9. The maximum atomic E-state index is 13.1. The van der Waals surface area contributed by atoms with Crippen molar-refractivity contribution in [3.05, 3.63) is 39.0 Å². The smallest absolute Gasteiger partial charge is 0.263 e. The van der Waals surface area contributed by atoms with Gasteiger partial charge in [0, 0.05) is 18.1 Å². The number of aryl methyl sites for hydroxylation is 2. The van der Waals surface area contributed by atoms with Crippen molar-refractivity contribution in [2.45, 2.75) is 25.5 Å². The van der Waals surface area contributed by atoms with E-state index in [4.69, 9.17) is 14.2 Å². The predicted octanol–water partition coefficient (Wildman–Crippen LogP) is 3.47. The second-order valence-corrected chi connectivity index (χ2v) is 8.86. The monoisotopic (exact) mass is 463 g/mol. The molecule has 1 aromatic carbocycles. The highest BCUT2D eigenvalue weighted by Crippen LogP contribution is 2.30. The maximum Gasteiger partial charge on any atom is 0.263 e. The standard InChI is InChI=1S/C21H25N3O5S2/c1-12-13(2)31-19-18(12)20(26)24(8-9-27-3)21(23-19)30-11-17(25)22-15-7-6-14(28-4)10-16(15)29-5/h6-7,10H,8-9,11H2,1-5H3,(H,22,25). The van der Waals surface area contributed by atoms with Gasteiger partial charge in [-0.3, -0.25) is 14.2 Å². The number of aromatic nitrogens is 2. The molecule has 2 heterocycles. The number of nitrogens with zero attached hydrogens (tertiary/aromatic N) is 2. The Hall–Kier alpha value is -2.56. The molecule has 3 rings (SSSR count). The van der Waals surface area contributed by atoms with Crippen LogP contribution in [0.3, 0.4) is 0 Å². The number of methoxy groups -OCH3 is 3. The predicted molar refractivity (Wildman–Crippen MR) is 124 cm³/mol. The third-order valence-corrected chi connectivity index (χ3v) is 6.87. The van der Waals surface area contributed by atoms with Crippen molar-refractivity contribution in [1.29, 1.82) is 0 Å². The highest BCUT2D eigenvalue weighted by atomic mass is 32.2. The summed E-state index contributed by atoms with van der Waals surface area (Å²) < 4.78 is 17.2. The van der Waals surface area contributed by atoms with Gasteiger partial charge < -0.3 is 19.5 Å². The van der Waals surface area contributed by atoms with Gasteiger partial charge in [0.2, 0.25) is 5.91 Å². The zero-order chi connectivity index (χ0) is 22.5. The van der Waals surface area contributed by atoms with Crippen molar-refractivity contribution in [3.8, 4) is 11.5 Å². The van der Waals surface area contributed by atoms with Crippen molar-refractivity contribution < 1.29 is 19.0 Å². The van der Waals surface area contributed by atoms with Gasteiger partial charge in [0.25, 0.3) is 5.56 Å². The van der Waals surface area contributed by atoms with Crippen LogP contribution in [0.1, 0.15) is 10.4 Å². The molecule has 0 unspecified atom stereocenters. The van der Waals surface area contributed by atoms with Gasteiger partial charge in [0.05, 0.1) is 44.2 Å². The first kappa shape index (κ1) is 23.1. The lowest BCUT2D eigenvalue weighted by atomic mass is 10.2. The van der Waals surface area contributed by atoms with Gasteiger partial charge in [0.15, 0.2) is 5.16 Å². The van der Waals surface area contributed by atoms with Crippen LogP contribution in [0.15, 0.2) is 28.2 Å². The van der Waals surface area contributed by atoms with Crippen LogP contribution in [0, 0.1) is 13.8 Å². The lowest BCUT2D eigenvalue weighted by Crippen LogP contribution is -2.26. The Kier molecular flexibility index (Phi) is 7.58. The van der Waals surface area contributed by atoms with E-state index in [2.05, 4.69) is 10.3 Å². The van der Waals surface area contributed by atoms with Crippen LogP contribution in [0.4, 0.5) is 5.69 Å². The van der Waals surface area contributed by atoms with Crippen LogP contribution >= 0.6 is 23.1 Å². The number of rotatable bonds is 9. The van der Waals surface area contributed by atoms with Gasteiger partial charge >= 0.3 is 0 Å². The Labute approximate surface area is 188 Å². The fraction of sp³-hybridized carbons (Fsp3) is 0.381. The quantitative estimate of drug-likeness (QED) is 0.384. The van der Waals surface area contributed by atoms with Crippen molar-refractivity contribution in [1.82, 2.24) is 9.55 Å². The number of hydrogen-bond donors (Lipinski definition) is 1. The molecule has 0 spiro atoms. The van der Waals surface area contributed by atoms with Crippen LogP contribution in [0.25, 0.3) is 10.2 Å². The van der Waals surface area contributed by atoms with E-state index in [0.717, 1.165) is 10.4 Å². The summed E-state index contributed by atoms with van der Waals surface area (Å²) >= 11 is 2.70. The zero-order valence-electron chi connectivity index (χ0n) is 18.1. The van der Waals surface area contributed by atoms with Crippen LogP contribution in [0.5, 0.6) is 11.5 Å². The summed E-state index contributed by atoms with van der Waals surface area (Å²) in [6, 6.07) is 5.16. The fourth-order valence-electron chi connectivity index (χ4n) is 3.02. The molecular formula is C21H25N3O5S2. The second kappa shape index (κ2) is 10.2. The molecular weight excluding hydrogens is 438 g/mol. The van der Waals surface area contributed by atoms with Crippen molar-refractivity contribution >= 4 is 44.9 Å². The number of anilines is 1. The van der Waals surface area contributed by atoms with Crippen LogP contribution in [-0.2, 0) is 16.1 Å². The van der Waals surface area contributed by atoms with Gasteiger partial charge in [-0.2, -0.15) is 0 Å². The Morgan fingerprint density at radius 2 is 2.00 bits per heavy atom. The molecule has 0 aliphatic rings. The first-order valence-electron chi connectivity index (χ1n) is 9.53. The van der Waals surface area contributed by atoms with E-state index in [-0.39, 0.29) is 17.2 Å². The minimum absolute atomic E-state index is 0.0868. The number of thioether (sulfide) groups is 1. The minimum Gasteiger partial charge on any atom is -0.497 e. The third kappa shape index (κ3) is 5.03. The molecule has 0 radical (unpaired) electrons. The first-order valence-corrected chi connectivity index (χ1v) is 11.3. The molecule has 0 saturated heterocycles. The number of ether oxygens (including phenoxy) is 3. The Balaban J connectivity index is 1.83. The summed E-state index contributed by atoms with van der Waals surface area (Å²) in [5.41, 5.74) is 1.38. The van der Waals surface area contributed by atoms with Crippen molar-refractivity contribution in [2.24, 2.45) is 0 Å². The number of thiophene rings is 1. The van der Waals surface area contributed by atoms with Gasteiger partial charge in [-0.05, 0) is 31.5 Å². The number of carbonyl (C=O) groups excluding carboxylic acids is 1. The fourth-order valence-corrected chi connectivity index (χ4v) is 4.91. The summed E-state index contributed by atoms with van der Waals surface area (Å²) in [5.74, 6) is 0.979. The number of fused-ring (bicyclic) bond motifs is 1. The third-order valence-electron chi connectivity index (χ3n) is 4.79. The number of benzene rings is 1. The van der Waals surface area contributed by atoms with Crippen molar-refractivity contribution in [3.63, 3.8) is 0 Å². The highest BCUT2D eigenvalue weighted by Gasteiger charge is 2.18. The molecule has 31 heavy (non-hydrogen) atoms. The molecule has 166 valence electrons. The Bertz CT molecular complexity index is 1160. The van der Waals surface area contributed by atoms with E-state index in [9.17, 15) is 9.59 Å². The number of carbonyl (C=O) groups is 1. The number of hydrogen-bond acceptors (Lipinski definition) is 8. The Morgan fingerprint density at radius 3 is 2.68 bits per heavy atom. The largest absolute Gasteiger partial charge is 0.497 e. The van der Waals surface area contributed by atoms with Gasteiger partial charge in [-0.1, -0.05) is 11.8 Å². The lowest BCUT2D eigenvalue weighted by molar-refractivity contribution is -0.113. The molecule has 0 aliphatic carbocycles. The second-order valence-electron chi connectivity index (χ2n) is 6.71. The topological polar surface area (TPSA) is 91.7 Å². The van der Waals surface area contributed by atoms with Crippen LogP contribution in [0.2, 0.25) is 0 Å². The van der Waals surface area contributed by atoms with Gasteiger partial charge in [-0.15, -0.1) is 11.3 Å². The maximum absolute atomic E-state index is 13.1. The average Bonchev–Trinajstić information content (AvgIpc) is 3.05. The number of amides is 1. The highest BCUT2D eigenvalue weighted by molar-refractivity contribution is 7.99. The molecule has 1 amide bonds. The normalized spacial score (nSPS) is 11.0. The molecule has 0 saturated carbocycles. The lowest BCUT2D eigenvalue weighted by Gasteiger charge is -2.13. The number of nitrogens with one attached hydrogen (secondary N) is 1. The van der Waals surface area contributed by atoms with E-state index in [1.54, 1.807) is 37.0 Å². The average molecular weight is 464 g/mol. The SMILES string of the molecule is COCCn1c(SCC(=O)Nc2ccc(OC)cc2OC)nc2sc(C)c(C)c2c1=O. The Morgan fingerprint density at radius 1 is 1.23 bits per heavy atom. The summed E-state index contributed by atoms with van der Waals surface area (Å²) in [4.78, 5) is 32.1. The molecule has 8 nitrogen and oxygen atoms in total. The minimum atomic E-state index is -0.236. The van der Waals surface area contributed by atoms with E-state index in [0.29, 0.717) is 45.7 Å². The molecule has 10 heteroatoms. The summed E-state index contributed by atoms with van der Waals surface area (Å²) in [5, 5.41) is 3.96. The molecule has 0 atom stereocenters. The zero-order valence-corrected chi connectivity index (χ0v) is 19.7. The summed E-state index contributed by atoms with van der Waals surface area (Å²) in [7, 11) is 4.67. The summed E-state index contributed by atoms with van der Waals surface area (Å²) in [6.07, 6.45) is 0. The molecule has 0 aliphatic heterocycles. The van der Waals surface area contributed by atoms with Crippen LogP contribution < -0.4 is 20.3 Å².